The highest BCUT2D eigenvalue weighted by atomic mass is 16.5. The van der Waals surface area contributed by atoms with Crippen LogP contribution in [0.25, 0.3) is 0 Å². The molecule has 0 bridgehead atoms. The first-order chi connectivity index (χ1) is 10.2. The maximum atomic E-state index is 10.9. The van der Waals surface area contributed by atoms with Gasteiger partial charge in [-0.3, -0.25) is 4.79 Å². The van der Waals surface area contributed by atoms with E-state index >= 15 is 0 Å². The van der Waals surface area contributed by atoms with E-state index in [0.29, 0.717) is 6.61 Å². The maximum Gasteiger partial charge on any atom is 0.245 e. The van der Waals surface area contributed by atoms with Gasteiger partial charge in [0.15, 0.2) is 0 Å². The molecule has 0 aliphatic carbocycles. The molecule has 5 nitrogen and oxygen atoms in total. The second-order valence-electron chi connectivity index (χ2n) is 5.92. The SMILES string of the molecule is CNC(=O)COCCCCCOCCN1CCC(C)CC1. The van der Waals surface area contributed by atoms with Crippen molar-refractivity contribution in [1.29, 1.82) is 0 Å². The van der Waals surface area contributed by atoms with Gasteiger partial charge in [-0.25, -0.2) is 0 Å². The zero-order valence-electron chi connectivity index (χ0n) is 13.7. The molecule has 1 heterocycles. The van der Waals surface area contributed by atoms with Crippen LogP contribution in [-0.2, 0) is 14.3 Å². The summed E-state index contributed by atoms with van der Waals surface area (Å²) in [7, 11) is 1.62. The molecule has 0 aromatic carbocycles. The fourth-order valence-corrected chi connectivity index (χ4v) is 2.40. The van der Waals surface area contributed by atoms with Crippen LogP contribution in [0.4, 0.5) is 0 Å². The van der Waals surface area contributed by atoms with Gasteiger partial charge in [0.1, 0.15) is 6.61 Å². The monoisotopic (exact) mass is 300 g/mol. The number of carbonyl (C=O) groups is 1. The number of nitrogens with zero attached hydrogens (tertiary/aromatic N) is 1. The largest absolute Gasteiger partial charge is 0.380 e. The Kier molecular flexibility index (Phi) is 10.5. The standard InChI is InChI=1S/C16H32N2O3/c1-15-6-8-18(9-7-15)10-13-20-11-4-3-5-12-21-14-16(19)17-2/h15H,3-14H2,1-2H3,(H,17,19). The zero-order valence-corrected chi connectivity index (χ0v) is 13.7. The average molecular weight is 300 g/mol. The fourth-order valence-electron chi connectivity index (χ4n) is 2.40. The second kappa shape index (κ2) is 12.0. The van der Waals surface area contributed by atoms with Crippen LogP contribution in [0.15, 0.2) is 0 Å². The van der Waals surface area contributed by atoms with Gasteiger partial charge in [0.2, 0.25) is 5.91 Å². The Morgan fingerprint density at radius 3 is 2.43 bits per heavy atom. The molecule has 1 aliphatic rings. The number of piperidine rings is 1. The van der Waals surface area contributed by atoms with Crippen LogP contribution < -0.4 is 5.32 Å². The van der Waals surface area contributed by atoms with Crippen molar-refractivity contribution in [3.05, 3.63) is 0 Å². The topological polar surface area (TPSA) is 50.8 Å². The number of ether oxygens (including phenoxy) is 2. The highest BCUT2D eigenvalue weighted by molar-refractivity contribution is 5.76. The number of likely N-dealkylation sites (tertiary alicyclic amines) is 1. The van der Waals surface area contributed by atoms with Crippen LogP contribution in [0.5, 0.6) is 0 Å². The molecule has 0 atom stereocenters. The van der Waals surface area contributed by atoms with E-state index in [1.165, 1.54) is 25.9 Å². The molecular weight excluding hydrogens is 268 g/mol. The van der Waals surface area contributed by atoms with E-state index < -0.39 is 0 Å². The lowest BCUT2D eigenvalue weighted by Gasteiger charge is -2.29. The molecule has 5 heteroatoms. The third-order valence-corrected chi connectivity index (χ3v) is 4.02. The Morgan fingerprint density at radius 2 is 1.76 bits per heavy atom. The molecule has 1 rings (SSSR count). The summed E-state index contributed by atoms with van der Waals surface area (Å²) in [6.45, 7) is 8.37. The number of rotatable bonds is 11. The molecule has 0 unspecified atom stereocenters. The number of carbonyl (C=O) groups excluding carboxylic acids is 1. The van der Waals surface area contributed by atoms with Gasteiger partial charge in [0, 0.05) is 26.8 Å². The molecular formula is C16H32N2O3. The molecule has 1 fully saturated rings. The summed E-state index contributed by atoms with van der Waals surface area (Å²) in [5.41, 5.74) is 0. The van der Waals surface area contributed by atoms with E-state index in [1.807, 2.05) is 0 Å². The van der Waals surface area contributed by atoms with E-state index in [-0.39, 0.29) is 12.5 Å². The smallest absolute Gasteiger partial charge is 0.245 e. The Balaban J connectivity index is 1.77. The summed E-state index contributed by atoms with van der Waals surface area (Å²) < 4.78 is 10.9. The van der Waals surface area contributed by atoms with Crippen molar-refractivity contribution in [2.24, 2.45) is 5.92 Å². The number of unbranched alkanes of at least 4 members (excludes halogenated alkanes) is 2. The van der Waals surface area contributed by atoms with Crippen LogP contribution in [0.1, 0.15) is 39.0 Å². The van der Waals surface area contributed by atoms with Gasteiger partial charge in [0.05, 0.1) is 6.61 Å². The number of likely N-dealkylation sites (N-methyl/N-ethyl adjacent to an activating group) is 1. The van der Waals surface area contributed by atoms with E-state index in [1.54, 1.807) is 7.05 Å². The minimum absolute atomic E-state index is 0.0644. The molecule has 1 N–H and O–H groups in total. The summed E-state index contributed by atoms with van der Waals surface area (Å²) in [6.07, 6.45) is 5.81. The minimum Gasteiger partial charge on any atom is -0.380 e. The average Bonchev–Trinajstić information content (AvgIpc) is 2.50. The van der Waals surface area contributed by atoms with E-state index in [2.05, 4.69) is 17.1 Å². The van der Waals surface area contributed by atoms with Crippen molar-refractivity contribution >= 4 is 5.91 Å². The predicted molar refractivity (Wildman–Crippen MR) is 84.4 cm³/mol. The molecule has 1 amide bonds. The molecule has 0 radical (unpaired) electrons. The summed E-state index contributed by atoms with van der Waals surface area (Å²) >= 11 is 0. The van der Waals surface area contributed by atoms with Crippen LogP contribution >= 0.6 is 0 Å². The Labute approximate surface area is 129 Å². The van der Waals surface area contributed by atoms with Crippen molar-refractivity contribution in [3.8, 4) is 0 Å². The first-order valence-electron chi connectivity index (χ1n) is 8.30. The van der Waals surface area contributed by atoms with E-state index in [0.717, 1.165) is 44.9 Å². The van der Waals surface area contributed by atoms with Gasteiger partial charge >= 0.3 is 0 Å². The molecule has 124 valence electrons. The van der Waals surface area contributed by atoms with Crippen LogP contribution in [0.3, 0.4) is 0 Å². The van der Waals surface area contributed by atoms with E-state index in [9.17, 15) is 4.79 Å². The molecule has 1 aliphatic heterocycles. The van der Waals surface area contributed by atoms with Crippen molar-refractivity contribution in [1.82, 2.24) is 10.2 Å². The van der Waals surface area contributed by atoms with Crippen molar-refractivity contribution < 1.29 is 14.3 Å². The minimum atomic E-state index is -0.0644. The number of hydrogen-bond donors (Lipinski definition) is 1. The normalized spacial score (nSPS) is 17.0. The van der Waals surface area contributed by atoms with Crippen LogP contribution in [0.2, 0.25) is 0 Å². The summed E-state index contributed by atoms with van der Waals surface area (Å²) in [5.74, 6) is 0.832. The molecule has 0 spiro atoms. The fraction of sp³-hybridized carbons (Fsp3) is 0.938. The van der Waals surface area contributed by atoms with Crippen molar-refractivity contribution in [3.63, 3.8) is 0 Å². The third-order valence-electron chi connectivity index (χ3n) is 4.02. The van der Waals surface area contributed by atoms with Crippen LogP contribution in [-0.4, -0.2) is 63.9 Å². The lowest BCUT2D eigenvalue weighted by molar-refractivity contribution is -0.125. The molecule has 0 aromatic heterocycles. The van der Waals surface area contributed by atoms with Crippen molar-refractivity contribution in [2.75, 3.05) is 53.1 Å². The first-order valence-corrected chi connectivity index (χ1v) is 8.30. The van der Waals surface area contributed by atoms with Gasteiger partial charge in [-0.1, -0.05) is 6.92 Å². The van der Waals surface area contributed by atoms with Gasteiger partial charge in [-0.2, -0.15) is 0 Å². The van der Waals surface area contributed by atoms with Crippen LogP contribution in [0, 0.1) is 5.92 Å². The van der Waals surface area contributed by atoms with E-state index in [4.69, 9.17) is 9.47 Å². The zero-order chi connectivity index (χ0) is 15.3. The summed E-state index contributed by atoms with van der Waals surface area (Å²) in [5, 5.41) is 2.53. The van der Waals surface area contributed by atoms with Gasteiger partial charge < -0.3 is 19.7 Å². The Hall–Kier alpha value is -0.650. The van der Waals surface area contributed by atoms with Gasteiger partial charge in [-0.15, -0.1) is 0 Å². The predicted octanol–water partition coefficient (Wildman–Crippen LogP) is 1.67. The Bertz CT molecular complexity index is 266. The summed E-state index contributed by atoms with van der Waals surface area (Å²) in [6, 6.07) is 0. The molecule has 0 saturated carbocycles. The van der Waals surface area contributed by atoms with Crippen molar-refractivity contribution in [2.45, 2.75) is 39.0 Å². The number of hydrogen-bond acceptors (Lipinski definition) is 4. The van der Waals surface area contributed by atoms with Gasteiger partial charge in [-0.05, 0) is 51.1 Å². The highest BCUT2D eigenvalue weighted by Crippen LogP contribution is 2.15. The van der Waals surface area contributed by atoms with Gasteiger partial charge in [0.25, 0.3) is 0 Å². The molecule has 0 aromatic rings. The number of nitrogens with one attached hydrogen (secondary N) is 1. The quantitative estimate of drug-likeness (QED) is 0.590. The second-order valence-corrected chi connectivity index (χ2v) is 5.92. The lowest BCUT2D eigenvalue weighted by atomic mass is 9.99. The lowest BCUT2D eigenvalue weighted by Crippen LogP contribution is -2.35. The third kappa shape index (κ3) is 9.82. The number of amides is 1. The Morgan fingerprint density at radius 1 is 1.10 bits per heavy atom. The molecule has 21 heavy (non-hydrogen) atoms. The summed E-state index contributed by atoms with van der Waals surface area (Å²) in [4.78, 5) is 13.4. The molecule has 1 saturated heterocycles. The highest BCUT2D eigenvalue weighted by Gasteiger charge is 2.14. The maximum absolute atomic E-state index is 10.9. The first kappa shape index (κ1) is 18.4.